The summed E-state index contributed by atoms with van der Waals surface area (Å²) in [6, 6.07) is 7.73. The highest BCUT2D eigenvalue weighted by Crippen LogP contribution is 2.23. The van der Waals surface area contributed by atoms with Crippen LogP contribution >= 0.6 is 0 Å². The summed E-state index contributed by atoms with van der Waals surface area (Å²) in [5.74, 6) is 0.685. The van der Waals surface area contributed by atoms with E-state index < -0.39 is 10.8 Å². The van der Waals surface area contributed by atoms with Crippen LogP contribution in [0.1, 0.15) is 37.7 Å². The SMILES string of the molecule is Nc1ccc(CS(=O)C2CCCCC2)cc1. The van der Waals surface area contributed by atoms with E-state index in [4.69, 9.17) is 5.73 Å². The number of nitrogen functional groups attached to an aromatic ring is 1. The molecule has 1 fully saturated rings. The number of rotatable bonds is 3. The van der Waals surface area contributed by atoms with Crippen molar-refractivity contribution < 1.29 is 4.21 Å². The second-order valence-corrected chi connectivity index (χ2v) is 6.24. The van der Waals surface area contributed by atoms with Crippen LogP contribution in [0, 0.1) is 0 Å². The van der Waals surface area contributed by atoms with Crippen LogP contribution in [0.2, 0.25) is 0 Å². The van der Waals surface area contributed by atoms with Gasteiger partial charge in [-0.3, -0.25) is 4.21 Å². The van der Waals surface area contributed by atoms with Crippen LogP contribution in [0.5, 0.6) is 0 Å². The van der Waals surface area contributed by atoms with Crippen molar-refractivity contribution in [2.45, 2.75) is 43.1 Å². The third kappa shape index (κ3) is 3.08. The fourth-order valence-electron chi connectivity index (χ4n) is 2.22. The zero-order valence-corrected chi connectivity index (χ0v) is 10.3. The molecule has 16 heavy (non-hydrogen) atoms. The van der Waals surface area contributed by atoms with Gasteiger partial charge >= 0.3 is 0 Å². The summed E-state index contributed by atoms with van der Waals surface area (Å²) < 4.78 is 12.1. The molecule has 3 heteroatoms. The number of anilines is 1. The molecule has 1 atom stereocenters. The Hall–Kier alpha value is -0.830. The number of nitrogens with two attached hydrogens (primary N) is 1. The first-order valence-corrected chi connectivity index (χ1v) is 7.35. The first-order valence-electron chi connectivity index (χ1n) is 5.97. The molecule has 1 aromatic rings. The largest absolute Gasteiger partial charge is 0.399 e. The molecular weight excluding hydrogens is 218 g/mol. The summed E-state index contributed by atoms with van der Waals surface area (Å²) >= 11 is 0. The molecule has 1 saturated carbocycles. The molecule has 0 radical (unpaired) electrons. The van der Waals surface area contributed by atoms with E-state index in [9.17, 15) is 4.21 Å². The molecule has 2 nitrogen and oxygen atoms in total. The second-order valence-electron chi connectivity index (χ2n) is 4.53. The molecule has 1 unspecified atom stereocenters. The van der Waals surface area contributed by atoms with Crippen molar-refractivity contribution in [3.05, 3.63) is 29.8 Å². The smallest absolute Gasteiger partial charge is 0.0488 e. The van der Waals surface area contributed by atoms with Gasteiger partial charge in [0.2, 0.25) is 0 Å². The number of hydrogen-bond donors (Lipinski definition) is 1. The number of hydrogen-bond acceptors (Lipinski definition) is 2. The standard InChI is InChI=1S/C13H19NOS/c14-12-8-6-11(7-9-12)10-16(15)13-4-2-1-3-5-13/h6-9,13H,1-5,10,14H2. The van der Waals surface area contributed by atoms with Gasteiger partial charge < -0.3 is 5.73 Å². The monoisotopic (exact) mass is 237 g/mol. The fraction of sp³-hybridized carbons (Fsp3) is 0.538. The molecule has 88 valence electrons. The normalized spacial score (nSPS) is 19.5. The van der Waals surface area contributed by atoms with Crippen molar-refractivity contribution in [3.63, 3.8) is 0 Å². The average molecular weight is 237 g/mol. The quantitative estimate of drug-likeness (QED) is 0.821. The van der Waals surface area contributed by atoms with E-state index in [1.54, 1.807) is 0 Å². The highest BCUT2D eigenvalue weighted by Gasteiger charge is 2.19. The zero-order chi connectivity index (χ0) is 11.4. The molecule has 1 aliphatic carbocycles. The van der Waals surface area contributed by atoms with Gasteiger partial charge in [0.25, 0.3) is 0 Å². The lowest BCUT2D eigenvalue weighted by Crippen LogP contribution is -2.19. The van der Waals surface area contributed by atoms with E-state index in [0.29, 0.717) is 11.0 Å². The van der Waals surface area contributed by atoms with Gasteiger partial charge in [-0.1, -0.05) is 31.4 Å². The first kappa shape index (κ1) is 11.6. The van der Waals surface area contributed by atoms with E-state index in [1.165, 1.54) is 19.3 Å². The highest BCUT2D eigenvalue weighted by atomic mass is 32.2. The fourth-order valence-corrected chi connectivity index (χ4v) is 3.84. The third-order valence-corrected chi connectivity index (χ3v) is 5.05. The first-order chi connectivity index (χ1) is 7.75. The van der Waals surface area contributed by atoms with Gasteiger partial charge in [-0.15, -0.1) is 0 Å². The van der Waals surface area contributed by atoms with Crippen molar-refractivity contribution in [1.82, 2.24) is 0 Å². The number of benzene rings is 1. The van der Waals surface area contributed by atoms with Crippen LogP contribution in [0.25, 0.3) is 0 Å². The Balaban J connectivity index is 1.93. The Kier molecular flexibility index (Phi) is 3.99. The summed E-state index contributed by atoms with van der Waals surface area (Å²) in [4.78, 5) is 0. The topological polar surface area (TPSA) is 43.1 Å². The third-order valence-electron chi connectivity index (χ3n) is 3.21. The van der Waals surface area contributed by atoms with Gasteiger partial charge in [-0.05, 0) is 30.5 Å². The van der Waals surface area contributed by atoms with Crippen molar-refractivity contribution in [2.75, 3.05) is 5.73 Å². The van der Waals surface area contributed by atoms with Crippen molar-refractivity contribution in [3.8, 4) is 0 Å². The molecular formula is C13H19NOS. The van der Waals surface area contributed by atoms with Crippen LogP contribution in [-0.4, -0.2) is 9.46 Å². The molecule has 1 aliphatic rings. The van der Waals surface area contributed by atoms with Gasteiger partial charge in [0, 0.05) is 27.5 Å². The summed E-state index contributed by atoms with van der Waals surface area (Å²) in [5, 5.41) is 0.423. The van der Waals surface area contributed by atoms with Crippen LogP contribution in [0.3, 0.4) is 0 Å². The summed E-state index contributed by atoms with van der Waals surface area (Å²) in [6.45, 7) is 0. The van der Waals surface area contributed by atoms with Crippen molar-refractivity contribution in [1.29, 1.82) is 0 Å². The Morgan fingerprint density at radius 3 is 2.38 bits per heavy atom. The van der Waals surface area contributed by atoms with Crippen molar-refractivity contribution >= 4 is 16.5 Å². The molecule has 0 bridgehead atoms. The molecule has 1 aromatic carbocycles. The van der Waals surface area contributed by atoms with E-state index in [1.807, 2.05) is 24.3 Å². The molecule has 0 saturated heterocycles. The molecule has 0 heterocycles. The predicted octanol–water partition coefficient (Wildman–Crippen LogP) is 2.85. The van der Waals surface area contributed by atoms with E-state index in [2.05, 4.69) is 0 Å². The lowest BCUT2D eigenvalue weighted by molar-refractivity contribution is 0.504. The second kappa shape index (κ2) is 5.48. The Morgan fingerprint density at radius 1 is 1.12 bits per heavy atom. The van der Waals surface area contributed by atoms with Crippen molar-refractivity contribution in [2.24, 2.45) is 0 Å². The van der Waals surface area contributed by atoms with E-state index >= 15 is 0 Å². The maximum absolute atomic E-state index is 12.1. The van der Waals surface area contributed by atoms with Gasteiger partial charge in [0.1, 0.15) is 0 Å². The Bertz CT molecular complexity index is 355. The highest BCUT2D eigenvalue weighted by molar-refractivity contribution is 7.84. The van der Waals surface area contributed by atoms with Crippen LogP contribution in [0.15, 0.2) is 24.3 Å². The zero-order valence-electron chi connectivity index (χ0n) is 9.52. The molecule has 2 N–H and O–H groups in total. The maximum atomic E-state index is 12.1. The average Bonchev–Trinajstić information content (AvgIpc) is 2.33. The van der Waals surface area contributed by atoms with Gasteiger partial charge in [0.15, 0.2) is 0 Å². The molecule has 0 aliphatic heterocycles. The maximum Gasteiger partial charge on any atom is 0.0488 e. The summed E-state index contributed by atoms with van der Waals surface area (Å²) in [6.07, 6.45) is 6.09. The molecule has 2 rings (SSSR count). The van der Waals surface area contributed by atoms with Crippen LogP contribution < -0.4 is 5.73 Å². The molecule has 0 amide bonds. The summed E-state index contributed by atoms with van der Waals surface area (Å²) in [7, 11) is -0.705. The van der Waals surface area contributed by atoms with Crippen LogP contribution in [0.4, 0.5) is 5.69 Å². The minimum absolute atomic E-state index is 0.423. The minimum atomic E-state index is -0.705. The Morgan fingerprint density at radius 2 is 1.75 bits per heavy atom. The predicted molar refractivity (Wildman–Crippen MR) is 69.6 cm³/mol. The molecule has 0 spiro atoms. The lowest BCUT2D eigenvalue weighted by atomic mass is 10.0. The molecule has 0 aromatic heterocycles. The lowest BCUT2D eigenvalue weighted by Gasteiger charge is -2.20. The van der Waals surface area contributed by atoms with Crippen LogP contribution in [-0.2, 0) is 16.6 Å². The Labute approximate surface area is 99.7 Å². The summed E-state index contributed by atoms with van der Waals surface area (Å²) in [5.41, 5.74) is 7.53. The minimum Gasteiger partial charge on any atom is -0.399 e. The van der Waals surface area contributed by atoms with Gasteiger partial charge in [-0.2, -0.15) is 0 Å². The van der Waals surface area contributed by atoms with E-state index in [-0.39, 0.29) is 0 Å². The van der Waals surface area contributed by atoms with E-state index in [0.717, 1.165) is 24.1 Å². The van der Waals surface area contributed by atoms with Gasteiger partial charge in [-0.25, -0.2) is 0 Å². The van der Waals surface area contributed by atoms with Gasteiger partial charge in [0.05, 0.1) is 0 Å².